The Balaban J connectivity index is 1.99. The summed E-state index contributed by atoms with van der Waals surface area (Å²) in [5, 5.41) is 0. The second kappa shape index (κ2) is 8.80. The Kier molecular flexibility index (Phi) is 6.75. The van der Waals surface area contributed by atoms with Gasteiger partial charge < -0.3 is 18.9 Å². The zero-order valence-electron chi connectivity index (χ0n) is 14.3. The number of hydrogen-bond acceptors (Lipinski definition) is 6. The van der Waals surface area contributed by atoms with Crippen molar-refractivity contribution in [2.24, 2.45) is 5.92 Å². The fourth-order valence-corrected chi connectivity index (χ4v) is 2.67. The minimum atomic E-state index is -0.694. The fraction of sp³-hybridized carbons (Fsp3) is 0.556. The first-order valence-corrected chi connectivity index (χ1v) is 8.07. The summed E-state index contributed by atoms with van der Waals surface area (Å²) in [5.74, 6) is -0.787. The molecule has 24 heavy (non-hydrogen) atoms. The van der Waals surface area contributed by atoms with Crippen LogP contribution in [0, 0.1) is 5.92 Å². The van der Waals surface area contributed by atoms with E-state index in [1.807, 2.05) is 37.3 Å². The zero-order chi connectivity index (χ0) is 17.5. The first-order chi connectivity index (χ1) is 11.5. The summed E-state index contributed by atoms with van der Waals surface area (Å²) >= 11 is 0. The molecule has 1 fully saturated rings. The Morgan fingerprint density at radius 2 is 1.88 bits per heavy atom. The van der Waals surface area contributed by atoms with Crippen LogP contribution in [0.15, 0.2) is 30.3 Å². The van der Waals surface area contributed by atoms with Gasteiger partial charge in [0, 0.05) is 26.2 Å². The van der Waals surface area contributed by atoms with Gasteiger partial charge in [-0.25, -0.2) is 0 Å². The maximum atomic E-state index is 11.2. The van der Waals surface area contributed by atoms with Gasteiger partial charge in [0.05, 0.1) is 12.7 Å². The van der Waals surface area contributed by atoms with E-state index in [9.17, 15) is 9.59 Å². The molecule has 0 saturated carbocycles. The summed E-state index contributed by atoms with van der Waals surface area (Å²) in [6, 6.07) is 9.84. The lowest BCUT2D eigenvalue weighted by atomic mass is 9.92. The molecular formula is C18H24O6. The monoisotopic (exact) mass is 336 g/mol. The van der Waals surface area contributed by atoms with E-state index in [1.165, 1.54) is 13.8 Å². The van der Waals surface area contributed by atoms with Gasteiger partial charge in [0.25, 0.3) is 0 Å². The molecule has 6 nitrogen and oxygen atoms in total. The molecule has 0 bridgehead atoms. The minimum absolute atomic E-state index is 0.000120. The Morgan fingerprint density at radius 3 is 2.50 bits per heavy atom. The van der Waals surface area contributed by atoms with Gasteiger partial charge in [-0.1, -0.05) is 37.3 Å². The molecule has 1 heterocycles. The molecule has 132 valence electrons. The van der Waals surface area contributed by atoms with E-state index >= 15 is 0 Å². The van der Waals surface area contributed by atoms with Crippen molar-refractivity contribution in [2.45, 2.75) is 52.3 Å². The highest BCUT2D eigenvalue weighted by Gasteiger charge is 2.38. The number of carbonyl (C=O) groups is 2. The standard InChI is InChI=1S/C18H24O6/c1-12-16(22-10-15-7-5-4-6-8-15)9-18(23-14(3)20)24-17(12)11-21-13(2)19/h4-8,12,16-18H,9-11H2,1-3H3. The van der Waals surface area contributed by atoms with Gasteiger partial charge in [-0.2, -0.15) is 0 Å². The van der Waals surface area contributed by atoms with Crippen LogP contribution in [0.1, 0.15) is 32.8 Å². The Bertz CT molecular complexity index is 544. The molecule has 4 unspecified atom stereocenters. The Hall–Kier alpha value is -1.92. The lowest BCUT2D eigenvalue weighted by molar-refractivity contribution is -0.244. The maximum Gasteiger partial charge on any atom is 0.304 e. The van der Waals surface area contributed by atoms with Crippen molar-refractivity contribution in [2.75, 3.05) is 6.61 Å². The molecule has 4 atom stereocenters. The molecule has 0 spiro atoms. The third-order valence-electron chi connectivity index (χ3n) is 3.98. The zero-order valence-corrected chi connectivity index (χ0v) is 14.3. The van der Waals surface area contributed by atoms with Crippen molar-refractivity contribution in [3.8, 4) is 0 Å². The van der Waals surface area contributed by atoms with Crippen LogP contribution >= 0.6 is 0 Å². The van der Waals surface area contributed by atoms with E-state index in [1.54, 1.807) is 0 Å². The highest BCUT2D eigenvalue weighted by atomic mass is 16.7. The predicted octanol–water partition coefficient (Wildman–Crippen LogP) is 2.45. The van der Waals surface area contributed by atoms with Crippen molar-refractivity contribution in [3.63, 3.8) is 0 Å². The largest absolute Gasteiger partial charge is 0.463 e. The van der Waals surface area contributed by atoms with Gasteiger partial charge in [-0.3, -0.25) is 9.59 Å². The van der Waals surface area contributed by atoms with Gasteiger partial charge in [0.2, 0.25) is 6.29 Å². The topological polar surface area (TPSA) is 71.1 Å². The molecule has 0 aromatic heterocycles. The average Bonchev–Trinajstić information content (AvgIpc) is 2.54. The maximum absolute atomic E-state index is 11.2. The third-order valence-corrected chi connectivity index (χ3v) is 3.98. The SMILES string of the molecule is CC(=O)OCC1OC(OC(C)=O)CC(OCc2ccccc2)C1C. The molecule has 2 rings (SSSR count). The number of esters is 2. The summed E-state index contributed by atoms with van der Waals surface area (Å²) in [4.78, 5) is 22.3. The molecule has 1 aromatic carbocycles. The molecule has 1 aromatic rings. The van der Waals surface area contributed by atoms with Crippen molar-refractivity contribution >= 4 is 11.9 Å². The van der Waals surface area contributed by atoms with Crippen LogP contribution in [0.5, 0.6) is 0 Å². The first-order valence-electron chi connectivity index (χ1n) is 8.07. The van der Waals surface area contributed by atoms with E-state index in [4.69, 9.17) is 18.9 Å². The third kappa shape index (κ3) is 5.62. The second-order valence-corrected chi connectivity index (χ2v) is 5.95. The molecule has 0 aliphatic carbocycles. The van der Waals surface area contributed by atoms with Gasteiger partial charge in [0.1, 0.15) is 12.7 Å². The first kappa shape index (κ1) is 18.4. The smallest absolute Gasteiger partial charge is 0.304 e. The van der Waals surface area contributed by atoms with Gasteiger partial charge in [-0.15, -0.1) is 0 Å². The van der Waals surface area contributed by atoms with Crippen molar-refractivity contribution in [1.82, 2.24) is 0 Å². The van der Waals surface area contributed by atoms with Gasteiger partial charge in [-0.05, 0) is 5.56 Å². The summed E-state index contributed by atoms with van der Waals surface area (Å²) in [6.07, 6.45) is -0.791. The summed E-state index contributed by atoms with van der Waals surface area (Å²) in [7, 11) is 0. The molecule has 0 radical (unpaired) electrons. The summed E-state index contributed by atoms with van der Waals surface area (Å²) in [5.41, 5.74) is 1.07. The van der Waals surface area contributed by atoms with Gasteiger partial charge >= 0.3 is 11.9 Å². The molecule has 1 aliphatic rings. The lowest BCUT2D eigenvalue weighted by Gasteiger charge is -2.39. The van der Waals surface area contributed by atoms with Crippen molar-refractivity contribution in [1.29, 1.82) is 0 Å². The molecule has 6 heteroatoms. The molecule has 0 N–H and O–H groups in total. The number of ether oxygens (including phenoxy) is 4. The van der Waals surface area contributed by atoms with Crippen LogP contribution in [-0.2, 0) is 35.1 Å². The number of hydrogen-bond donors (Lipinski definition) is 0. The highest BCUT2D eigenvalue weighted by Crippen LogP contribution is 2.29. The fourth-order valence-electron chi connectivity index (χ4n) is 2.67. The van der Waals surface area contributed by atoms with Gasteiger partial charge in [0.15, 0.2) is 0 Å². The quantitative estimate of drug-likeness (QED) is 0.743. The number of carbonyl (C=O) groups excluding carboxylic acids is 2. The van der Waals surface area contributed by atoms with E-state index in [0.717, 1.165) is 5.56 Å². The molecule has 1 saturated heterocycles. The summed E-state index contributed by atoms with van der Waals surface area (Å²) in [6.45, 7) is 5.24. The second-order valence-electron chi connectivity index (χ2n) is 5.95. The Labute approximate surface area is 142 Å². The number of benzene rings is 1. The predicted molar refractivity (Wildman–Crippen MR) is 85.9 cm³/mol. The normalized spacial score (nSPS) is 26.6. The van der Waals surface area contributed by atoms with Crippen LogP contribution in [0.3, 0.4) is 0 Å². The van der Waals surface area contributed by atoms with Crippen molar-refractivity contribution in [3.05, 3.63) is 35.9 Å². The van der Waals surface area contributed by atoms with Crippen LogP contribution in [0.4, 0.5) is 0 Å². The average molecular weight is 336 g/mol. The molecule has 0 amide bonds. The van der Waals surface area contributed by atoms with E-state index in [2.05, 4.69) is 0 Å². The van der Waals surface area contributed by atoms with E-state index in [0.29, 0.717) is 13.0 Å². The van der Waals surface area contributed by atoms with Crippen LogP contribution < -0.4 is 0 Å². The van der Waals surface area contributed by atoms with Crippen LogP contribution in [0.25, 0.3) is 0 Å². The van der Waals surface area contributed by atoms with E-state index in [-0.39, 0.29) is 30.7 Å². The molecular weight excluding hydrogens is 312 g/mol. The van der Waals surface area contributed by atoms with E-state index < -0.39 is 12.3 Å². The molecule has 1 aliphatic heterocycles. The lowest BCUT2D eigenvalue weighted by Crippen LogP contribution is -2.47. The van der Waals surface area contributed by atoms with Crippen LogP contribution in [-0.4, -0.2) is 37.0 Å². The summed E-state index contributed by atoms with van der Waals surface area (Å²) < 4.78 is 22.0. The highest BCUT2D eigenvalue weighted by molar-refractivity contribution is 5.66. The number of rotatable bonds is 6. The van der Waals surface area contributed by atoms with Crippen molar-refractivity contribution < 1.29 is 28.5 Å². The van der Waals surface area contributed by atoms with Crippen LogP contribution in [0.2, 0.25) is 0 Å². The minimum Gasteiger partial charge on any atom is -0.463 e. The Morgan fingerprint density at radius 1 is 1.17 bits per heavy atom.